The molecular formula is C9H18N2O3. The van der Waals surface area contributed by atoms with Crippen molar-refractivity contribution in [2.45, 2.75) is 26.3 Å². The molecule has 82 valence electrons. The van der Waals surface area contributed by atoms with Gasteiger partial charge in [0, 0.05) is 12.6 Å². The Morgan fingerprint density at radius 2 is 1.79 bits per heavy atom. The molecule has 0 aromatic heterocycles. The largest absolute Gasteiger partial charge is 0.375 e. The predicted octanol–water partition coefficient (Wildman–Crippen LogP) is -0.336. The molecule has 2 N–H and O–H groups in total. The molecular weight excluding hydrogens is 184 g/mol. The molecule has 5 heteroatoms. The van der Waals surface area contributed by atoms with Gasteiger partial charge in [0.05, 0.1) is 6.54 Å². The van der Waals surface area contributed by atoms with Crippen LogP contribution in [0.3, 0.4) is 0 Å². The maximum absolute atomic E-state index is 11.2. The van der Waals surface area contributed by atoms with Gasteiger partial charge < -0.3 is 15.4 Å². The van der Waals surface area contributed by atoms with E-state index in [1.807, 2.05) is 20.8 Å². The van der Waals surface area contributed by atoms with Crippen molar-refractivity contribution in [1.29, 1.82) is 0 Å². The summed E-state index contributed by atoms with van der Waals surface area (Å²) in [7, 11) is 1.43. The Morgan fingerprint density at radius 3 is 2.21 bits per heavy atom. The number of carbonyl (C=O) groups is 2. The molecule has 0 saturated carbocycles. The van der Waals surface area contributed by atoms with Gasteiger partial charge in [-0.05, 0) is 20.8 Å². The Labute approximate surface area is 84.2 Å². The Morgan fingerprint density at radius 1 is 1.21 bits per heavy atom. The fraction of sp³-hybridized carbons (Fsp3) is 0.778. The standard InChI is InChI=1S/C9H18N2O3/c1-9(2,3)11-7(12)5-10-8(13)6-14-4/h5-6H2,1-4H3,(H,10,13)(H,11,12). The fourth-order valence-corrected chi connectivity index (χ4v) is 0.823. The molecule has 0 radical (unpaired) electrons. The van der Waals surface area contributed by atoms with Gasteiger partial charge in [0.15, 0.2) is 0 Å². The zero-order valence-corrected chi connectivity index (χ0v) is 9.14. The second-order valence-electron chi connectivity index (χ2n) is 4.01. The second-order valence-corrected chi connectivity index (χ2v) is 4.01. The van der Waals surface area contributed by atoms with Crippen molar-refractivity contribution >= 4 is 11.8 Å². The average Bonchev–Trinajstić information content (AvgIpc) is 1.98. The van der Waals surface area contributed by atoms with E-state index in [1.54, 1.807) is 0 Å². The van der Waals surface area contributed by atoms with Crippen LogP contribution in [0, 0.1) is 0 Å². The van der Waals surface area contributed by atoms with E-state index in [4.69, 9.17) is 0 Å². The van der Waals surface area contributed by atoms with E-state index >= 15 is 0 Å². The third kappa shape index (κ3) is 7.54. The molecule has 0 saturated heterocycles. The number of rotatable bonds is 4. The first-order valence-electron chi connectivity index (χ1n) is 4.42. The van der Waals surface area contributed by atoms with Gasteiger partial charge in [-0.25, -0.2) is 0 Å². The number of nitrogens with one attached hydrogen (secondary N) is 2. The Balaban J connectivity index is 3.70. The molecule has 0 rings (SSSR count). The summed E-state index contributed by atoms with van der Waals surface area (Å²) in [5.41, 5.74) is -0.275. The number of ether oxygens (including phenoxy) is 1. The maximum atomic E-state index is 11.2. The van der Waals surface area contributed by atoms with E-state index in [0.29, 0.717) is 0 Å². The van der Waals surface area contributed by atoms with Gasteiger partial charge in [0.25, 0.3) is 0 Å². The molecule has 0 aliphatic heterocycles. The van der Waals surface area contributed by atoms with Crippen molar-refractivity contribution in [3.05, 3.63) is 0 Å². The molecule has 2 amide bonds. The summed E-state index contributed by atoms with van der Waals surface area (Å²) in [5.74, 6) is -0.501. The van der Waals surface area contributed by atoms with E-state index in [-0.39, 0.29) is 30.5 Å². The number of carbonyl (C=O) groups excluding carboxylic acids is 2. The van der Waals surface area contributed by atoms with Crippen molar-refractivity contribution in [2.75, 3.05) is 20.3 Å². The summed E-state index contributed by atoms with van der Waals surface area (Å²) in [6.07, 6.45) is 0. The van der Waals surface area contributed by atoms with Crippen LogP contribution in [0.4, 0.5) is 0 Å². The summed E-state index contributed by atoms with van der Waals surface area (Å²) in [6.45, 7) is 5.59. The molecule has 0 aliphatic rings. The third-order valence-electron chi connectivity index (χ3n) is 1.24. The highest BCUT2D eigenvalue weighted by Crippen LogP contribution is 1.96. The Kier molecular flexibility index (Phi) is 5.15. The smallest absolute Gasteiger partial charge is 0.246 e. The monoisotopic (exact) mass is 202 g/mol. The quantitative estimate of drug-likeness (QED) is 0.655. The zero-order chi connectivity index (χ0) is 11.2. The first-order valence-corrected chi connectivity index (χ1v) is 4.42. The minimum atomic E-state index is -0.295. The van der Waals surface area contributed by atoms with Crippen LogP contribution in [-0.2, 0) is 14.3 Å². The van der Waals surface area contributed by atoms with E-state index in [2.05, 4.69) is 15.4 Å². The van der Waals surface area contributed by atoms with Crippen LogP contribution >= 0.6 is 0 Å². The number of methoxy groups -OCH3 is 1. The topological polar surface area (TPSA) is 67.4 Å². The van der Waals surface area contributed by atoms with Gasteiger partial charge in [-0.1, -0.05) is 0 Å². The SMILES string of the molecule is COCC(=O)NCC(=O)NC(C)(C)C. The van der Waals surface area contributed by atoms with Crippen LogP contribution in [0.2, 0.25) is 0 Å². The highest BCUT2D eigenvalue weighted by atomic mass is 16.5. The molecule has 14 heavy (non-hydrogen) atoms. The molecule has 0 fully saturated rings. The third-order valence-corrected chi connectivity index (χ3v) is 1.24. The predicted molar refractivity (Wildman–Crippen MR) is 52.8 cm³/mol. The number of amides is 2. The summed E-state index contributed by atoms with van der Waals surface area (Å²) < 4.78 is 4.59. The van der Waals surface area contributed by atoms with Gasteiger partial charge >= 0.3 is 0 Å². The molecule has 0 aromatic rings. The van der Waals surface area contributed by atoms with Crippen molar-refractivity contribution < 1.29 is 14.3 Å². The van der Waals surface area contributed by atoms with Crippen LogP contribution in [0.5, 0.6) is 0 Å². The minimum absolute atomic E-state index is 0.0144. The van der Waals surface area contributed by atoms with Crippen LogP contribution in [0.25, 0.3) is 0 Å². The first kappa shape index (κ1) is 12.9. The lowest BCUT2D eigenvalue weighted by atomic mass is 10.1. The maximum Gasteiger partial charge on any atom is 0.246 e. The van der Waals surface area contributed by atoms with E-state index in [1.165, 1.54) is 7.11 Å². The van der Waals surface area contributed by atoms with Crippen molar-refractivity contribution in [3.63, 3.8) is 0 Å². The highest BCUT2D eigenvalue weighted by Gasteiger charge is 2.13. The minimum Gasteiger partial charge on any atom is -0.375 e. The molecule has 0 aromatic carbocycles. The van der Waals surface area contributed by atoms with E-state index in [0.717, 1.165) is 0 Å². The zero-order valence-electron chi connectivity index (χ0n) is 9.14. The molecule has 0 atom stereocenters. The van der Waals surface area contributed by atoms with Gasteiger partial charge in [0.1, 0.15) is 6.61 Å². The van der Waals surface area contributed by atoms with E-state index in [9.17, 15) is 9.59 Å². The average molecular weight is 202 g/mol. The molecule has 0 spiro atoms. The van der Waals surface area contributed by atoms with Gasteiger partial charge in [-0.15, -0.1) is 0 Å². The number of hydrogen-bond acceptors (Lipinski definition) is 3. The van der Waals surface area contributed by atoms with Gasteiger partial charge in [-0.2, -0.15) is 0 Å². The van der Waals surface area contributed by atoms with Crippen LogP contribution in [0.15, 0.2) is 0 Å². The number of hydrogen-bond donors (Lipinski definition) is 2. The van der Waals surface area contributed by atoms with Gasteiger partial charge in [0.2, 0.25) is 11.8 Å². The Bertz CT molecular complexity index is 209. The molecule has 5 nitrogen and oxygen atoms in total. The molecule has 0 heterocycles. The second kappa shape index (κ2) is 5.59. The normalized spacial score (nSPS) is 10.9. The van der Waals surface area contributed by atoms with Crippen molar-refractivity contribution in [1.82, 2.24) is 10.6 Å². The highest BCUT2D eigenvalue weighted by molar-refractivity contribution is 5.85. The first-order chi connectivity index (χ1) is 6.35. The lowest BCUT2D eigenvalue weighted by Gasteiger charge is -2.20. The van der Waals surface area contributed by atoms with Crippen LogP contribution in [-0.4, -0.2) is 37.6 Å². The molecule has 0 bridgehead atoms. The summed E-state index contributed by atoms with van der Waals surface area (Å²) in [4.78, 5) is 22.1. The van der Waals surface area contributed by atoms with Crippen LogP contribution in [0.1, 0.15) is 20.8 Å². The summed E-state index contributed by atoms with van der Waals surface area (Å²) in [6, 6.07) is 0. The van der Waals surface area contributed by atoms with Gasteiger partial charge in [-0.3, -0.25) is 9.59 Å². The summed E-state index contributed by atoms with van der Waals surface area (Å²) >= 11 is 0. The summed E-state index contributed by atoms with van der Waals surface area (Å²) in [5, 5.41) is 5.15. The van der Waals surface area contributed by atoms with Crippen molar-refractivity contribution in [3.8, 4) is 0 Å². The van der Waals surface area contributed by atoms with Crippen molar-refractivity contribution in [2.24, 2.45) is 0 Å². The Hall–Kier alpha value is -1.10. The lowest BCUT2D eigenvalue weighted by Crippen LogP contribution is -2.46. The fourth-order valence-electron chi connectivity index (χ4n) is 0.823. The molecule has 0 unspecified atom stereocenters. The molecule has 0 aliphatic carbocycles. The van der Waals surface area contributed by atoms with E-state index < -0.39 is 0 Å². The lowest BCUT2D eigenvalue weighted by molar-refractivity contribution is -0.128. The van der Waals surface area contributed by atoms with Crippen LogP contribution < -0.4 is 10.6 Å².